The quantitative estimate of drug-likeness (QED) is 0.653. The molecule has 2 N–H and O–H groups in total. The van der Waals surface area contributed by atoms with Crippen molar-refractivity contribution < 1.29 is 18.3 Å². The first-order valence-corrected chi connectivity index (χ1v) is 5.45. The van der Waals surface area contributed by atoms with Crippen molar-refractivity contribution in [1.82, 2.24) is 0 Å². The summed E-state index contributed by atoms with van der Waals surface area (Å²) in [6.45, 7) is 3.74. The lowest BCUT2D eigenvalue weighted by Crippen LogP contribution is -2.18. The maximum Gasteiger partial charge on any atom is 0.340 e. The van der Waals surface area contributed by atoms with Crippen LogP contribution in [0.5, 0.6) is 0 Å². The Kier molecular flexibility index (Phi) is 4.43. The van der Waals surface area contributed by atoms with Gasteiger partial charge in [-0.25, -0.2) is 13.6 Å². The Labute approximate surface area is 98.6 Å². The molecule has 0 amide bonds. The molecule has 0 atom stereocenters. The van der Waals surface area contributed by atoms with Gasteiger partial charge in [-0.2, -0.15) is 0 Å². The normalized spacial score (nSPS) is 10.6. The van der Waals surface area contributed by atoms with Crippen LogP contribution in [0, 0.1) is 11.6 Å². The van der Waals surface area contributed by atoms with Crippen LogP contribution in [-0.2, 0) is 4.74 Å². The minimum absolute atomic E-state index is 0.125. The highest BCUT2D eigenvalue weighted by atomic mass is 19.2. The number of carbonyl (C=O) groups is 1. The van der Waals surface area contributed by atoms with Gasteiger partial charge in [-0.15, -0.1) is 0 Å². The molecular formula is C12H15F2NO2. The molecule has 0 bridgehead atoms. The predicted molar refractivity (Wildman–Crippen MR) is 60.6 cm³/mol. The van der Waals surface area contributed by atoms with Crippen LogP contribution in [0.4, 0.5) is 14.5 Å². The van der Waals surface area contributed by atoms with E-state index in [9.17, 15) is 13.6 Å². The number of ether oxygens (including phenoxy) is 1. The number of halogens is 2. The number of benzene rings is 1. The number of anilines is 1. The lowest BCUT2D eigenvalue weighted by molar-refractivity contribution is 0.0285. The molecule has 0 aliphatic carbocycles. The standard InChI is InChI=1S/C12H15F2NO2/c1-3-7(4-2)17-12(16)8-5-9(13)10(14)6-11(8)15/h5-7H,3-4,15H2,1-2H3. The van der Waals surface area contributed by atoms with Crippen LogP contribution in [0.3, 0.4) is 0 Å². The molecule has 94 valence electrons. The Bertz CT molecular complexity index is 417. The molecule has 0 heterocycles. The molecule has 0 unspecified atom stereocenters. The number of carbonyl (C=O) groups excluding carboxylic acids is 1. The molecule has 0 radical (unpaired) electrons. The summed E-state index contributed by atoms with van der Waals surface area (Å²) >= 11 is 0. The first-order valence-electron chi connectivity index (χ1n) is 5.45. The van der Waals surface area contributed by atoms with E-state index in [1.165, 1.54) is 0 Å². The second-order valence-electron chi connectivity index (χ2n) is 3.70. The van der Waals surface area contributed by atoms with Gasteiger partial charge in [0.05, 0.1) is 5.56 Å². The zero-order chi connectivity index (χ0) is 13.0. The van der Waals surface area contributed by atoms with Crippen molar-refractivity contribution in [3.05, 3.63) is 29.3 Å². The number of hydrogen-bond acceptors (Lipinski definition) is 3. The van der Waals surface area contributed by atoms with Gasteiger partial charge in [-0.1, -0.05) is 13.8 Å². The summed E-state index contributed by atoms with van der Waals surface area (Å²) in [5.41, 5.74) is 5.17. The van der Waals surface area contributed by atoms with Crippen molar-refractivity contribution in [3.8, 4) is 0 Å². The Morgan fingerprint density at radius 3 is 2.35 bits per heavy atom. The maximum absolute atomic E-state index is 13.0. The summed E-state index contributed by atoms with van der Waals surface area (Å²) in [4.78, 5) is 11.7. The number of esters is 1. The molecule has 0 aliphatic heterocycles. The maximum atomic E-state index is 13.0. The van der Waals surface area contributed by atoms with Crippen LogP contribution in [0.15, 0.2) is 12.1 Å². The van der Waals surface area contributed by atoms with Crippen molar-refractivity contribution >= 4 is 11.7 Å². The van der Waals surface area contributed by atoms with Gasteiger partial charge in [0, 0.05) is 11.8 Å². The van der Waals surface area contributed by atoms with Gasteiger partial charge >= 0.3 is 5.97 Å². The third-order valence-electron chi connectivity index (χ3n) is 2.50. The van der Waals surface area contributed by atoms with E-state index < -0.39 is 17.6 Å². The Morgan fingerprint density at radius 2 is 1.82 bits per heavy atom. The fourth-order valence-corrected chi connectivity index (χ4v) is 1.41. The van der Waals surface area contributed by atoms with E-state index in [-0.39, 0.29) is 17.4 Å². The van der Waals surface area contributed by atoms with Crippen LogP contribution in [0.1, 0.15) is 37.0 Å². The molecule has 1 aromatic rings. The van der Waals surface area contributed by atoms with Crippen LogP contribution in [-0.4, -0.2) is 12.1 Å². The molecule has 0 spiro atoms. The van der Waals surface area contributed by atoms with Gasteiger partial charge in [-0.05, 0) is 18.9 Å². The van der Waals surface area contributed by atoms with E-state index in [0.717, 1.165) is 12.1 Å². The minimum atomic E-state index is -1.12. The van der Waals surface area contributed by atoms with Gasteiger partial charge in [0.2, 0.25) is 0 Å². The zero-order valence-corrected chi connectivity index (χ0v) is 9.80. The minimum Gasteiger partial charge on any atom is -0.459 e. The molecule has 17 heavy (non-hydrogen) atoms. The Morgan fingerprint density at radius 1 is 1.29 bits per heavy atom. The van der Waals surface area contributed by atoms with Gasteiger partial charge < -0.3 is 10.5 Å². The molecule has 1 aromatic carbocycles. The summed E-state index contributed by atoms with van der Waals surface area (Å²) in [6, 6.07) is 1.54. The third kappa shape index (κ3) is 3.15. The summed E-state index contributed by atoms with van der Waals surface area (Å²) in [5.74, 6) is -2.92. The molecule has 5 heteroatoms. The van der Waals surface area contributed by atoms with Gasteiger partial charge in [0.1, 0.15) is 6.10 Å². The van der Waals surface area contributed by atoms with E-state index in [1.807, 2.05) is 13.8 Å². The van der Waals surface area contributed by atoms with Gasteiger partial charge in [0.25, 0.3) is 0 Å². The molecule has 0 saturated heterocycles. The summed E-state index contributed by atoms with van der Waals surface area (Å²) in [6.07, 6.45) is 1.08. The lowest BCUT2D eigenvalue weighted by atomic mass is 10.1. The number of rotatable bonds is 4. The molecule has 0 fully saturated rings. The first kappa shape index (κ1) is 13.4. The fourth-order valence-electron chi connectivity index (χ4n) is 1.41. The van der Waals surface area contributed by atoms with E-state index in [1.54, 1.807) is 0 Å². The number of nitrogen functional groups attached to an aromatic ring is 1. The third-order valence-corrected chi connectivity index (χ3v) is 2.50. The first-order chi connectivity index (χ1) is 7.99. The van der Waals surface area contributed by atoms with Crippen LogP contribution in [0.25, 0.3) is 0 Å². The molecule has 3 nitrogen and oxygen atoms in total. The predicted octanol–water partition coefficient (Wildman–Crippen LogP) is 2.89. The Hall–Kier alpha value is -1.65. The van der Waals surface area contributed by atoms with Gasteiger partial charge in [0.15, 0.2) is 11.6 Å². The van der Waals surface area contributed by atoms with E-state index in [0.29, 0.717) is 12.8 Å². The highest BCUT2D eigenvalue weighted by Gasteiger charge is 2.18. The average molecular weight is 243 g/mol. The number of hydrogen-bond donors (Lipinski definition) is 1. The highest BCUT2D eigenvalue weighted by Crippen LogP contribution is 2.19. The van der Waals surface area contributed by atoms with E-state index >= 15 is 0 Å². The lowest BCUT2D eigenvalue weighted by Gasteiger charge is -2.14. The second kappa shape index (κ2) is 5.61. The van der Waals surface area contributed by atoms with E-state index in [4.69, 9.17) is 10.5 Å². The topological polar surface area (TPSA) is 52.3 Å². The average Bonchev–Trinajstić information content (AvgIpc) is 2.30. The highest BCUT2D eigenvalue weighted by molar-refractivity contribution is 5.95. The Balaban J connectivity index is 2.93. The SMILES string of the molecule is CCC(CC)OC(=O)c1cc(F)c(F)cc1N. The molecule has 0 aromatic heterocycles. The largest absolute Gasteiger partial charge is 0.459 e. The summed E-state index contributed by atoms with van der Waals surface area (Å²) < 4.78 is 30.9. The molecule has 0 saturated carbocycles. The van der Waals surface area contributed by atoms with Crippen molar-refractivity contribution in [2.24, 2.45) is 0 Å². The smallest absolute Gasteiger partial charge is 0.340 e. The van der Waals surface area contributed by atoms with Crippen LogP contribution < -0.4 is 5.73 Å². The molecule has 1 rings (SSSR count). The van der Waals surface area contributed by atoms with E-state index in [2.05, 4.69) is 0 Å². The second-order valence-corrected chi connectivity index (χ2v) is 3.70. The fraction of sp³-hybridized carbons (Fsp3) is 0.417. The van der Waals surface area contributed by atoms with Crippen molar-refractivity contribution in [3.63, 3.8) is 0 Å². The monoisotopic (exact) mass is 243 g/mol. The molecule has 0 aliphatic rings. The summed E-state index contributed by atoms with van der Waals surface area (Å²) in [5, 5.41) is 0. The number of nitrogens with two attached hydrogens (primary N) is 1. The van der Waals surface area contributed by atoms with Crippen molar-refractivity contribution in [2.45, 2.75) is 32.8 Å². The van der Waals surface area contributed by atoms with Crippen LogP contribution in [0.2, 0.25) is 0 Å². The molecular weight excluding hydrogens is 228 g/mol. The van der Waals surface area contributed by atoms with Crippen molar-refractivity contribution in [2.75, 3.05) is 5.73 Å². The van der Waals surface area contributed by atoms with Crippen LogP contribution >= 0.6 is 0 Å². The summed E-state index contributed by atoms with van der Waals surface area (Å²) in [7, 11) is 0. The van der Waals surface area contributed by atoms with Gasteiger partial charge in [-0.3, -0.25) is 0 Å². The van der Waals surface area contributed by atoms with Crippen molar-refractivity contribution in [1.29, 1.82) is 0 Å². The zero-order valence-electron chi connectivity index (χ0n) is 9.80.